The van der Waals surface area contributed by atoms with Gasteiger partial charge in [0.1, 0.15) is 5.00 Å². The summed E-state index contributed by atoms with van der Waals surface area (Å²) in [5.74, 6) is -1.34. The molecule has 2 rings (SSSR count). The quantitative estimate of drug-likeness (QED) is 0.903. The molecule has 0 aliphatic heterocycles. The third kappa shape index (κ3) is 3.00. The van der Waals surface area contributed by atoms with Crippen molar-refractivity contribution in [1.29, 1.82) is 0 Å². The van der Waals surface area contributed by atoms with Crippen molar-refractivity contribution in [3.05, 3.63) is 51.9 Å². The van der Waals surface area contributed by atoms with Crippen LogP contribution in [0.2, 0.25) is 0 Å². The molecule has 0 unspecified atom stereocenters. The van der Waals surface area contributed by atoms with Gasteiger partial charge in [-0.25, -0.2) is 4.79 Å². The number of carboxylic acids is 1. The number of carboxylic acid groups (broad SMARTS) is 1. The lowest BCUT2D eigenvalue weighted by atomic mass is 10.1. The van der Waals surface area contributed by atoms with Gasteiger partial charge in [0.05, 0.1) is 5.56 Å². The maximum absolute atomic E-state index is 12.1. The predicted molar refractivity (Wildman–Crippen MR) is 75.1 cm³/mol. The number of amides is 1. The van der Waals surface area contributed by atoms with Crippen LogP contribution in [0.4, 0.5) is 5.00 Å². The monoisotopic (exact) mass is 275 g/mol. The molecule has 0 aliphatic carbocycles. The predicted octanol–water partition coefficient (Wildman–Crippen LogP) is 3.32. The molecule has 4 nitrogen and oxygen atoms in total. The average molecular weight is 275 g/mol. The van der Waals surface area contributed by atoms with E-state index < -0.39 is 5.97 Å². The SMILES string of the molecule is Cc1cccc(C(=O)Nc2sc(C)cc2C(=O)O)c1. The minimum atomic E-state index is -1.04. The first-order chi connectivity index (χ1) is 8.97. The Hall–Kier alpha value is -2.14. The van der Waals surface area contributed by atoms with Crippen LogP contribution in [0, 0.1) is 13.8 Å². The Bertz CT molecular complexity index is 646. The summed E-state index contributed by atoms with van der Waals surface area (Å²) in [7, 11) is 0. The molecule has 1 aromatic heterocycles. The van der Waals surface area contributed by atoms with Gasteiger partial charge in [-0.1, -0.05) is 17.7 Å². The molecule has 0 radical (unpaired) electrons. The molecular weight excluding hydrogens is 262 g/mol. The topological polar surface area (TPSA) is 66.4 Å². The van der Waals surface area contributed by atoms with Gasteiger partial charge < -0.3 is 10.4 Å². The lowest BCUT2D eigenvalue weighted by Crippen LogP contribution is -2.13. The van der Waals surface area contributed by atoms with Crippen molar-refractivity contribution in [1.82, 2.24) is 0 Å². The summed E-state index contributed by atoms with van der Waals surface area (Å²) in [5.41, 5.74) is 1.62. The normalized spacial score (nSPS) is 10.2. The highest BCUT2D eigenvalue weighted by Crippen LogP contribution is 2.28. The molecule has 0 saturated carbocycles. The second-order valence-electron chi connectivity index (χ2n) is 4.23. The second kappa shape index (κ2) is 5.24. The first kappa shape index (κ1) is 13.3. The van der Waals surface area contributed by atoms with Crippen LogP contribution in [0.3, 0.4) is 0 Å². The van der Waals surface area contributed by atoms with Crippen LogP contribution in [0.25, 0.3) is 0 Å². The summed E-state index contributed by atoms with van der Waals surface area (Å²) < 4.78 is 0. The van der Waals surface area contributed by atoms with Gasteiger partial charge in [0.2, 0.25) is 0 Å². The zero-order valence-corrected chi connectivity index (χ0v) is 11.4. The van der Waals surface area contributed by atoms with Gasteiger partial charge in [-0.05, 0) is 32.0 Å². The minimum Gasteiger partial charge on any atom is -0.478 e. The van der Waals surface area contributed by atoms with Crippen molar-refractivity contribution in [2.24, 2.45) is 0 Å². The van der Waals surface area contributed by atoms with Crippen molar-refractivity contribution < 1.29 is 14.7 Å². The molecule has 0 aliphatic rings. The Labute approximate surface area is 114 Å². The van der Waals surface area contributed by atoms with E-state index >= 15 is 0 Å². The Morgan fingerprint density at radius 3 is 2.58 bits per heavy atom. The number of thiophene rings is 1. The molecule has 5 heteroatoms. The maximum atomic E-state index is 12.1. The van der Waals surface area contributed by atoms with Crippen molar-refractivity contribution >= 4 is 28.2 Å². The smallest absolute Gasteiger partial charge is 0.338 e. The first-order valence-corrected chi connectivity index (χ1v) is 6.51. The zero-order valence-electron chi connectivity index (χ0n) is 10.6. The fraction of sp³-hybridized carbons (Fsp3) is 0.143. The molecule has 2 aromatic rings. The largest absolute Gasteiger partial charge is 0.478 e. The third-order valence-corrected chi connectivity index (χ3v) is 3.56. The van der Waals surface area contributed by atoms with E-state index in [9.17, 15) is 9.59 Å². The Balaban J connectivity index is 2.26. The van der Waals surface area contributed by atoms with Crippen LogP contribution in [0.5, 0.6) is 0 Å². The van der Waals surface area contributed by atoms with Crippen molar-refractivity contribution in [2.75, 3.05) is 5.32 Å². The van der Waals surface area contributed by atoms with E-state index in [1.807, 2.05) is 13.0 Å². The first-order valence-electron chi connectivity index (χ1n) is 5.69. The number of hydrogen-bond donors (Lipinski definition) is 2. The number of carbonyl (C=O) groups is 2. The molecule has 0 atom stereocenters. The van der Waals surface area contributed by atoms with Crippen molar-refractivity contribution in [3.63, 3.8) is 0 Å². The van der Waals surface area contributed by atoms with Crippen LogP contribution in [-0.2, 0) is 0 Å². The molecule has 98 valence electrons. The summed E-state index contributed by atoms with van der Waals surface area (Å²) in [6.45, 7) is 3.70. The van der Waals surface area contributed by atoms with Crippen molar-refractivity contribution in [3.8, 4) is 0 Å². The highest BCUT2D eigenvalue weighted by molar-refractivity contribution is 7.16. The highest BCUT2D eigenvalue weighted by Gasteiger charge is 2.16. The second-order valence-corrected chi connectivity index (χ2v) is 5.48. The molecule has 1 aromatic carbocycles. The van der Waals surface area contributed by atoms with Crippen LogP contribution < -0.4 is 5.32 Å². The molecular formula is C14H13NO3S. The van der Waals surface area contributed by atoms with E-state index in [4.69, 9.17) is 5.11 Å². The number of aromatic carboxylic acids is 1. The van der Waals surface area contributed by atoms with Gasteiger partial charge in [-0.2, -0.15) is 0 Å². The highest BCUT2D eigenvalue weighted by atomic mass is 32.1. The fourth-order valence-corrected chi connectivity index (χ4v) is 2.63. The van der Waals surface area contributed by atoms with Gasteiger partial charge in [0.25, 0.3) is 5.91 Å². The Kier molecular flexibility index (Phi) is 3.66. The van der Waals surface area contributed by atoms with E-state index in [-0.39, 0.29) is 11.5 Å². The van der Waals surface area contributed by atoms with Gasteiger partial charge in [0, 0.05) is 10.4 Å². The van der Waals surface area contributed by atoms with E-state index in [1.165, 1.54) is 11.3 Å². The van der Waals surface area contributed by atoms with Gasteiger partial charge in [-0.15, -0.1) is 11.3 Å². The number of anilines is 1. The van der Waals surface area contributed by atoms with Crippen LogP contribution in [0.15, 0.2) is 30.3 Å². The number of nitrogens with one attached hydrogen (secondary N) is 1. The van der Waals surface area contributed by atoms with E-state index in [0.717, 1.165) is 10.4 Å². The lowest BCUT2D eigenvalue weighted by Gasteiger charge is -2.04. The minimum absolute atomic E-state index is 0.128. The van der Waals surface area contributed by atoms with Gasteiger partial charge in [0.15, 0.2) is 0 Å². The van der Waals surface area contributed by atoms with Crippen LogP contribution >= 0.6 is 11.3 Å². The molecule has 0 saturated heterocycles. The number of hydrogen-bond acceptors (Lipinski definition) is 3. The molecule has 0 fully saturated rings. The molecule has 1 amide bonds. The average Bonchev–Trinajstić information content (AvgIpc) is 2.70. The van der Waals surface area contributed by atoms with E-state index in [1.54, 1.807) is 31.2 Å². The van der Waals surface area contributed by atoms with Gasteiger partial charge >= 0.3 is 5.97 Å². The standard InChI is InChI=1S/C14H13NO3S/c1-8-4-3-5-10(6-8)12(16)15-13-11(14(17)18)7-9(2)19-13/h3-7H,1-2H3,(H,15,16)(H,17,18). The fourth-order valence-electron chi connectivity index (χ4n) is 1.73. The van der Waals surface area contributed by atoms with Crippen LogP contribution in [-0.4, -0.2) is 17.0 Å². The molecule has 2 N–H and O–H groups in total. The summed E-state index contributed by atoms with van der Waals surface area (Å²) in [5, 5.41) is 12.1. The number of rotatable bonds is 3. The van der Waals surface area contributed by atoms with E-state index in [2.05, 4.69) is 5.32 Å². The van der Waals surface area contributed by atoms with Crippen molar-refractivity contribution in [2.45, 2.75) is 13.8 Å². The summed E-state index contributed by atoms with van der Waals surface area (Å²) >= 11 is 1.26. The molecule has 0 bridgehead atoms. The third-order valence-electron chi connectivity index (χ3n) is 2.59. The Morgan fingerprint density at radius 1 is 1.21 bits per heavy atom. The van der Waals surface area contributed by atoms with Gasteiger partial charge in [-0.3, -0.25) is 4.79 Å². The zero-order chi connectivity index (χ0) is 14.0. The maximum Gasteiger partial charge on any atom is 0.338 e. The lowest BCUT2D eigenvalue weighted by molar-refractivity contribution is 0.0698. The Morgan fingerprint density at radius 2 is 1.95 bits per heavy atom. The summed E-state index contributed by atoms with van der Waals surface area (Å²) in [4.78, 5) is 24.0. The van der Waals surface area contributed by atoms with E-state index in [0.29, 0.717) is 10.6 Å². The molecule has 19 heavy (non-hydrogen) atoms. The molecule has 1 heterocycles. The number of aryl methyl sites for hydroxylation is 2. The van der Waals surface area contributed by atoms with Crippen LogP contribution in [0.1, 0.15) is 31.2 Å². The number of benzene rings is 1. The summed E-state index contributed by atoms with van der Waals surface area (Å²) in [6, 6.07) is 8.70. The summed E-state index contributed by atoms with van der Waals surface area (Å²) in [6.07, 6.45) is 0. The number of carbonyl (C=O) groups excluding carboxylic acids is 1. The molecule has 0 spiro atoms.